The van der Waals surface area contributed by atoms with Crippen LogP contribution < -0.4 is 5.32 Å². The smallest absolute Gasteiger partial charge is 0.416 e. The molecule has 2 rings (SSSR count). The van der Waals surface area contributed by atoms with E-state index in [1.54, 1.807) is 24.3 Å². The summed E-state index contributed by atoms with van der Waals surface area (Å²) in [6.07, 6.45) is -10.3. The molecule has 0 aliphatic heterocycles. The monoisotopic (exact) mass is 545 g/mol. The van der Waals surface area contributed by atoms with Crippen LogP contribution in [-0.4, -0.2) is 25.0 Å². The highest BCUT2D eigenvalue weighted by molar-refractivity contribution is 14.1. The first-order chi connectivity index (χ1) is 13.8. The van der Waals surface area contributed by atoms with Gasteiger partial charge in [-0.25, -0.2) is 4.79 Å². The normalized spacial score (nSPS) is 12.9. The quantitative estimate of drug-likeness (QED) is 0.333. The summed E-state index contributed by atoms with van der Waals surface area (Å²) in [7, 11) is 1.04. The van der Waals surface area contributed by atoms with Gasteiger partial charge in [0.25, 0.3) is 5.91 Å². The van der Waals surface area contributed by atoms with Gasteiger partial charge in [0.05, 0.1) is 18.2 Å². The van der Waals surface area contributed by atoms with E-state index in [1.807, 2.05) is 0 Å². The zero-order valence-electron chi connectivity index (χ0n) is 15.2. The number of carbonyl (C=O) groups is 2. The SMILES string of the molecule is COC(=O)[C@H](Cc1ccc(I)cc1)NC(=O)c1cc(C(F)(F)F)cc(C(F)(F)F)c1. The maximum Gasteiger partial charge on any atom is 0.416 e. The van der Waals surface area contributed by atoms with Gasteiger partial charge in [-0.05, 0) is 58.5 Å². The Bertz CT molecular complexity index is 893. The minimum atomic E-state index is -5.10. The molecule has 1 atom stereocenters. The van der Waals surface area contributed by atoms with E-state index in [0.29, 0.717) is 17.7 Å². The topological polar surface area (TPSA) is 55.4 Å². The number of nitrogens with one attached hydrogen (secondary N) is 1. The van der Waals surface area contributed by atoms with Crippen LogP contribution in [0.4, 0.5) is 26.3 Å². The molecule has 2 aromatic rings. The van der Waals surface area contributed by atoms with E-state index < -0.39 is 47.0 Å². The molecule has 0 spiro atoms. The molecule has 1 N–H and O–H groups in total. The fraction of sp³-hybridized carbons (Fsp3) is 0.263. The Balaban J connectivity index is 2.36. The lowest BCUT2D eigenvalue weighted by atomic mass is 10.0. The van der Waals surface area contributed by atoms with Crippen LogP contribution in [0.3, 0.4) is 0 Å². The van der Waals surface area contributed by atoms with Crippen molar-refractivity contribution in [1.29, 1.82) is 0 Å². The van der Waals surface area contributed by atoms with Crippen molar-refractivity contribution in [1.82, 2.24) is 5.32 Å². The fourth-order valence-electron chi connectivity index (χ4n) is 2.52. The van der Waals surface area contributed by atoms with E-state index in [1.165, 1.54) is 0 Å². The van der Waals surface area contributed by atoms with Crippen molar-refractivity contribution < 1.29 is 40.7 Å². The summed E-state index contributed by atoms with van der Waals surface area (Å²) >= 11 is 2.05. The molecule has 0 saturated heterocycles. The van der Waals surface area contributed by atoms with Gasteiger partial charge in [0.15, 0.2) is 0 Å². The minimum absolute atomic E-state index is 0.0690. The number of benzene rings is 2. The van der Waals surface area contributed by atoms with E-state index in [2.05, 4.69) is 32.6 Å². The first-order valence-corrected chi connectivity index (χ1v) is 9.31. The van der Waals surface area contributed by atoms with Crippen molar-refractivity contribution in [3.05, 3.63) is 68.3 Å². The molecule has 0 unspecified atom stereocenters. The maximum atomic E-state index is 13.0. The number of methoxy groups -OCH3 is 1. The lowest BCUT2D eigenvalue weighted by Crippen LogP contribution is -2.43. The molecule has 0 fully saturated rings. The molecule has 0 radical (unpaired) electrons. The largest absolute Gasteiger partial charge is 0.467 e. The average Bonchev–Trinajstić information content (AvgIpc) is 2.66. The summed E-state index contributed by atoms with van der Waals surface area (Å²) in [4.78, 5) is 24.4. The third kappa shape index (κ3) is 6.34. The van der Waals surface area contributed by atoms with Gasteiger partial charge in [-0.15, -0.1) is 0 Å². The highest BCUT2D eigenvalue weighted by atomic mass is 127. The van der Waals surface area contributed by atoms with E-state index in [0.717, 1.165) is 10.7 Å². The van der Waals surface area contributed by atoms with Crippen molar-refractivity contribution in [3.8, 4) is 0 Å². The van der Waals surface area contributed by atoms with Crippen LogP contribution in [0.1, 0.15) is 27.0 Å². The summed E-state index contributed by atoms with van der Waals surface area (Å²) in [6.45, 7) is 0. The molecule has 0 aromatic heterocycles. The Morgan fingerprint density at radius 2 is 1.47 bits per heavy atom. The number of ether oxygens (including phenoxy) is 1. The number of esters is 1. The van der Waals surface area contributed by atoms with Crippen LogP contribution in [0, 0.1) is 3.57 Å². The summed E-state index contributed by atoms with van der Waals surface area (Å²) in [6, 6.07) is 5.98. The van der Waals surface area contributed by atoms with Crippen LogP contribution in [0.2, 0.25) is 0 Å². The van der Waals surface area contributed by atoms with Gasteiger partial charge in [-0.3, -0.25) is 4.79 Å². The molecule has 1 amide bonds. The van der Waals surface area contributed by atoms with Crippen LogP contribution >= 0.6 is 22.6 Å². The van der Waals surface area contributed by atoms with E-state index in [-0.39, 0.29) is 12.5 Å². The lowest BCUT2D eigenvalue weighted by Gasteiger charge is -2.18. The highest BCUT2D eigenvalue weighted by Gasteiger charge is 2.37. The molecular weight excluding hydrogens is 531 g/mol. The molecule has 30 heavy (non-hydrogen) atoms. The lowest BCUT2D eigenvalue weighted by molar-refractivity contribution is -0.144. The summed E-state index contributed by atoms with van der Waals surface area (Å²) in [5.74, 6) is -2.17. The van der Waals surface area contributed by atoms with E-state index >= 15 is 0 Å². The van der Waals surface area contributed by atoms with Crippen molar-refractivity contribution in [2.45, 2.75) is 24.8 Å². The van der Waals surface area contributed by atoms with Gasteiger partial charge in [0, 0.05) is 15.6 Å². The van der Waals surface area contributed by atoms with Gasteiger partial charge >= 0.3 is 18.3 Å². The highest BCUT2D eigenvalue weighted by Crippen LogP contribution is 2.36. The van der Waals surface area contributed by atoms with Crippen molar-refractivity contribution in [2.24, 2.45) is 0 Å². The Morgan fingerprint density at radius 3 is 1.90 bits per heavy atom. The third-order valence-corrected chi connectivity index (χ3v) is 4.71. The Hall–Kier alpha value is -2.31. The van der Waals surface area contributed by atoms with Crippen LogP contribution in [0.25, 0.3) is 0 Å². The zero-order chi connectivity index (χ0) is 22.7. The number of rotatable bonds is 5. The number of hydrogen-bond donors (Lipinski definition) is 1. The second kappa shape index (κ2) is 9.23. The molecule has 2 aromatic carbocycles. The Labute approximate surface area is 180 Å². The Kier molecular flexibility index (Phi) is 7.37. The number of alkyl halides is 6. The predicted molar refractivity (Wildman–Crippen MR) is 103 cm³/mol. The molecular formula is C19H14F6INO3. The first-order valence-electron chi connectivity index (χ1n) is 8.24. The third-order valence-electron chi connectivity index (χ3n) is 3.99. The fourth-order valence-corrected chi connectivity index (χ4v) is 2.88. The van der Waals surface area contributed by atoms with Crippen molar-refractivity contribution >= 4 is 34.5 Å². The second-order valence-corrected chi connectivity index (χ2v) is 7.42. The number of halogens is 7. The zero-order valence-corrected chi connectivity index (χ0v) is 17.4. The molecule has 11 heteroatoms. The maximum absolute atomic E-state index is 13.0. The number of hydrogen-bond acceptors (Lipinski definition) is 3. The molecule has 0 saturated carbocycles. The molecule has 0 heterocycles. The number of carbonyl (C=O) groups excluding carboxylic acids is 2. The molecule has 0 aliphatic carbocycles. The van der Waals surface area contributed by atoms with Gasteiger partial charge < -0.3 is 10.1 Å². The van der Waals surface area contributed by atoms with Gasteiger partial charge in [-0.2, -0.15) is 26.3 Å². The Morgan fingerprint density at radius 1 is 0.967 bits per heavy atom. The average molecular weight is 545 g/mol. The summed E-state index contributed by atoms with van der Waals surface area (Å²) in [5.41, 5.74) is -3.54. The van der Waals surface area contributed by atoms with Crippen LogP contribution in [0.15, 0.2) is 42.5 Å². The second-order valence-electron chi connectivity index (χ2n) is 6.17. The van der Waals surface area contributed by atoms with E-state index in [4.69, 9.17) is 0 Å². The summed E-state index contributed by atoms with van der Waals surface area (Å²) < 4.78 is 83.4. The van der Waals surface area contributed by atoms with Crippen LogP contribution in [-0.2, 0) is 28.3 Å². The molecule has 162 valence electrons. The first kappa shape index (κ1) is 24.0. The van der Waals surface area contributed by atoms with Crippen LogP contribution in [0.5, 0.6) is 0 Å². The summed E-state index contributed by atoms with van der Waals surface area (Å²) in [5, 5.41) is 2.15. The predicted octanol–water partition coefficient (Wildman–Crippen LogP) is 4.84. The van der Waals surface area contributed by atoms with Gasteiger partial charge in [0.2, 0.25) is 0 Å². The van der Waals surface area contributed by atoms with E-state index in [9.17, 15) is 35.9 Å². The number of amides is 1. The standard InChI is InChI=1S/C19H14F6INO3/c1-30-17(29)15(6-10-2-4-14(26)5-3-10)27-16(28)11-7-12(18(20,21)22)9-13(8-11)19(23,24)25/h2-5,7-9,15H,6H2,1H3,(H,27,28)/t15-/m0/s1. The van der Waals surface area contributed by atoms with Gasteiger partial charge in [0.1, 0.15) is 6.04 Å². The molecule has 4 nitrogen and oxygen atoms in total. The minimum Gasteiger partial charge on any atom is -0.467 e. The van der Waals surface area contributed by atoms with Crippen molar-refractivity contribution in [2.75, 3.05) is 7.11 Å². The van der Waals surface area contributed by atoms with Gasteiger partial charge in [-0.1, -0.05) is 12.1 Å². The van der Waals surface area contributed by atoms with Crippen molar-refractivity contribution in [3.63, 3.8) is 0 Å². The molecule has 0 aliphatic rings. The molecule has 0 bridgehead atoms.